The number of hydrogen-bond donors (Lipinski definition) is 0. The van der Waals surface area contributed by atoms with E-state index in [4.69, 9.17) is 18.9 Å². The molecule has 208 valence electrons. The number of hydrogen-bond acceptors (Lipinski definition) is 8. The molecule has 4 rings (SSSR count). The van der Waals surface area contributed by atoms with Gasteiger partial charge in [-0.05, 0) is 85.9 Å². The second kappa shape index (κ2) is 10.9. The number of rotatable bonds is 9. The molecule has 0 aromatic rings. The van der Waals surface area contributed by atoms with Crippen molar-refractivity contribution < 1.29 is 38.1 Å². The summed E-state index contributed by atoms with van der Waals surface area (Å²) in [5.41, 5.74) is -0.0429. The standard InChI is InChI=1S/C29H44O8/c1-17(6-9-24(33)34-5)20-7-8-21-25-22(11-13-28(20,21)3)29(4)12-10-19(37-18(2)32)14-23(29)26(35-15-30)27(25)36-16-31/h15-17,19-23,25-27H,6-14H2,1-5H3/t17-,19-,20-,21+,22+,23+,25+,26+,27-,28-,29-/m1/s1. The van der Waals surface area contributed by atoms with Crippen LogP contribution in [0, 0.1) is 46.3 Å². The normalized spacial score (nSPS) is 43.3. The monoisotopic (exact) mass is 520 g/mol. The molecule has 8 nitrogen and oxygen atoms in total. The first-order valence-electron chi connectivity index (χ1n) is 14.0. The summed E-state index contributed by atoms with van der Waals surface area (Å²) in [6, 6.07) is 0. The van der Waals surface area contributed by atoms with E-state index in [1.54, 1.807) is 0 Å². The van der Waals surface area contributed by atoms with Crippen LogP contribution in [0.4, 0.5) is 0 Å². The first-order valence-corrected chi connectivity index (χ1v) is 14.0. The minimum absolute atomic E-state index is 0.0532. The van der Waals surface area contributed by atoms with Gasteiger partial charge < -0.3 is 18.9 Å². The van der Waals surface area contributed by atoms with Gasteiger partial charge in [0.2, 0.25) is 0 Å². The van der Waals surface area contributed by atoms with Gasteiger partial charge in [0.25, 0.3) is 12.9 Å². The molecule has 0 N–H and O–H groups in total. The lowest BCUT2D eigenvalue weighted by atomic mass is 9.43. The van der Waals surface area contributed by atoms with Gasteiger partial charge >= 0.3 is 11.9 Å². The largest absolute Gasteiger partial charge is 0.469 e. The van der Waals surface area contributed by atoms with E-state index in [0.717, 1.165) is 44.9 Å². The lowest BCUT2D eigenvalue weighted by Gasteiger charge is -2.64. The van der Waals surface area contributed by atoms with Crippen LogP contribution >= 0.6 is 0 Å². The molecular formula is C29H44O8. The number of esters is 2. The van der Waals surface area contributed by atoms with Crippen LogP contribution in [0.2, 0.25) is 0 Å². The molecule has 4 aliphatic rings. The maximum atomic E-state index is 11.8. The van der Waals surface area contributed by atoms with Crippen molar-refractivity contribution in [2.24, 2.45) is 46.3 Å². The molecule has 0 saturated heterocycles. The number of fused-ring (bicyclic) bond motifs is 5. The van der Waals surface area contributed by atoms with Crippen molar-refractivity contribution in [1.29, 1.82) is 0 Å². The average Bonchev–Trinajstić information content (AvgIpc) is 3.22. The summed E-state index contributed by atoms with van der Waals surface area (Å²) in [5, 5.41) is 0. The SMILES string of the molecule is COC(=O)CC[C@@H](C)[C@H]1CC[C@H]2[C@@H]3[C@@H](OC=O)[C@@H](OC=O)[C@@H]4C[C@H](OC(C)=O)CC[C@]4(C)[C@H]3CC[C@]12C. The molecule has 4 saturated carbocycles. The highest BCUT2D eigenvalue weighted by molar-refractivity contribution is 5.69. The Bertz CT molecular complexity index is 874. The fraction of sp³-hybridized carbons (Fsp3) is 0.862. The van der Waals surface area contributed by atoms with E-state index < -0.39 is 12.2 Å². The van der Waals surface area contributed by atoms with E-state index in [1.807, 2.05) is 0 Å². The number of ether oxygens (including phenoxy) is 4. The van der Waals surface area contributed by atoms with E-state index in [1.165, 1.54) is 14.0 Å². The van der Waals surface area contributed by atoms with Crippen LogP contribution in [0.1, 0.15) is 85.5 Å². The van der Waals surface area contributed by atoms with Crippen LogP contribution in [0.5, 0.6) is 0 Å². The van der Waals surface area contributed by atoms with Gasteiger partial charge in [-0.1, -0.05) is 20.8 Å². The summed E-state index contributed by atoms with van der Waals surface area (Å²) >= 11 is 0. The Morgan fingerprint density at radius 2 is 1.57 bits per heavy atom. The van der Waals surface area contributed by atoms with Gasteiger partial charge in [0.1, 0.15) is 18.3 Å². The molecule has 0 heterocycles. The highest BCUT2D eigenvalue weighted by Crippen LogP contribution is 2.69. The van der Waals surface area contributed by atoms with Crippen LogP contribution in [0.25, 0.3) is 0 Å². The first kappa shape index (κ1) is 27.9. The fourth-order valence-corrected chi connectivity index (χ4v) is 9.60. The quantitative estimate of drug-likeness (QED) is 0.249. The number of methoxy groups -OCH3 is 1. The summed E-state index contributed by atoms with van der Waals surface area (Å²) in [6.45, 7) is 9.36. The maximum absolute atomic E-state index is 11.8. The molecule has 0 spiro atoms. The van der Waals surface area contributed by atoms with Crippen LogP contribution < -0.4 is 0 Å². The Hall–Kier alpha value is -2.12. The molecule has 0 aliphatic heterocycles. The van der Waals surface area contributed by atoms with Crippen LogP contribution in [-0.4, -0.2) is 50.3 Å². The predicted octanol–water partition coefficient (Wildman–Crippen LogP) is 4.47. The summed E-state index contributed by atoms with van der Waals surface area (Å²) in [6.07, 6.45) is 6.43. The third-order valence-electron chi connectivity index (χ3n) is 11.2. The summed E-state index contributed by atoms with van der Waals surface area (Å²) in [7, 11) is 1.43. The molecule has 4 fully saturated rings. The fourth-order valence-electron chi connectivity index (χ4n) is 9.60. The predicted molar refractivity (Wildman–Crippen MR) is 134 cm³/mol. The highest BCUT2D eigenvalue weighted by atomic mass is 16.6. The first-order chi connectivity index (χ1) is 17.6. The molecule has 4 aliphatic carbocycles. The molecule has 0 bridgehead atoms. The Morgan fingerprint density at radius 1 is 0.919 bits per heavy atom. The van der Waals surface area contributed by atoms with Crippen LogP contribution in [0.15, 0.2) is 0 Å². The van der Waals surface area contributed by atoms with Crippen molar-refractivity contribution in [3.63, 3.8) is 0 Å². The summed E-state index contributed by atoms with van der Waals surface area (Å²) in [5.74, 6) is 1.08. The number of carbonyl (C=O) groups excluding carboxylic acids is 4. The van der Waals surface area contributed by atoms with E-state index in [0.29, 0.717) is 49.5 Å². The number of carbonyl (C=O) groups is 4. The van der Waals surface area contributed by atoms with Crippen molar-refractivity contribution in [1.82, 2.24) is 0 Å². The zero-order valence-electron chi connectivity index (χ0n) is 23.0. The van der Waals surface area contributed by atoms with Crippen LogP contribution in [0.3, 0.4) is 0 Å². The third kappa shape index (κ3) is 4.89. The van der Waals surface area contributed by atoms with Gasteiger partial charge in [-0.15, -0.1) is 0 Å². The average molecular weight is 521 g/mol. The highest BCUT2D eigenvalue weighted by Gasteiger charge is 2.67. The second-order valence-electron chi connectivity index (χ2n) is 12.6. The zero-order chi connectivity index (χ0) is 27.0. The van der Waals surface area contributed by atoms with E-state index in [9.17, 15) is 19.2 Å². The lowest BCUT2D eigenvalue weighted by Crippen LogP contribution is -2.65. The van der Waals surface area contributed by atoms with E-state index >= 15 is 0 Å². The maximum Gasteiger partial charge on any atom is 0.305 e. The van der Waals surface area contributed by atoms with Crippen molar-refractivity contribution in [2.75, 3.05) is 7.11 Å². The molecule has 0 aromatic carbocycles. The topological polar surface area (TPSA) is 105 Å². The zero-order valence-corrected chi connectivity index (χ0v) is 23.0. The summed E-state index contributed by atoms with van der Waals surface area (Å²) < 4.78 is 22.1. The van der Waals surface area contributed by atoms with E-state index in [2.05, 4.69) is 20.8 Å². The van der Waals surface area contributed by atoms with Gasteiger partial charge in [-0.3, -0.25) is 19.2 Å². The van der Waals surface area contributed by atoms with Gasteiger partial charge in [0, 0.05) is 25.2 Å². The van der Waals surface area contributed by atoms with Gasteiger partial charge in [-0.2, -0.15) is 0 Å². The van der Waals surface area contributed by atoms with Crippen molar-refractivity contribution >= 4 is 24.9 Å². The molecule has 0 aromatic heterocycles. The third-order valence-corrected chi connectivity index (χ3v) is 11.2. The minimum atomic E-state index is -0.564. The lowest BCUT2D eigenvalue weighted by molar-refractivity contribution is -0.235. The smallest absolute Gasteiger partial charge is 0.305 e. The van der Waals surface area contributed by atoms with Gasteiger partial charge in [0.15, 0.2) is 0 Å². The molecule has 37 heavy (non-hydrogen) atoms. The van der Waals surface area contributed by atoms with Crippen LogP contribution in [-0.2, 0) is 38.1 Å². The Balaban J connectivity index is 1.65. The van der Waals surface area contributed by atoms with E-state index in [-0.39, 0.29) is 40.7 Å². The molecule has 8 heteroatoms. The molecular weight excluding hydrogens is 476 g/mol. The molecule has 0 unspecified atom stereocenters. The Labute approximate surface area is 220 Å². The van der Waals surface area contributed by atoms with Crippen molar-refractivity contribution in [2.45, 2.75) is 104 Å². The van der Waals surface area contributed by atoms with Gasteiger partial charge in [0.05, 0.1) is 7.11 Å². The Kier molecular flexibility index (Phi) is 8.25. The van der Waals surface area contributed by atoms with Crippen molar-refractivity contribution in [3.05, 3.63) is 0 Å². The van der Waals surface area contributed by atoms with Gasteiger partial charge in [-0.25, -0.2) is 0 Å². The minimum Gasteiger partial charge on any atom is -0.469 e. The Morgan fingerprint density at radius 3 is 2.22 bits per heavy atom. The second-order valence-corrected chi connectivity index (χ2v) is 12.6. The van der Waals surface area contributed by atoms with Crippen molar-refractivity contribution in [3.8, 4) is 0 Å². The molecule has 0 amide bonds. The summed E-state index contributed by atoms with van der Waals surface area (Å²) in [4.78, 5) is 47.0. The molecule has 0 radical (unpaired) electrons. The molecule has 11 atom stereocenters.